The predicted octanol–water partition coefficient (Wildman–Crippen LogP) is 3.76. The highest BCUT2D eigenvalue weighted by molar-refractivity contribution is 8.00. The fraction of sp³-hybridized carbons (Fsp3) is 0.167. The number of benzene rings is 2. The number of anilines is 2. The molecule has 0 aliphatic rings. The van der Waals surface area contributed by atoms with E-state index in [0.717, 1.165) is 23.9 Å². The molecule has 31 heavy (non-hydrogen) atoms. The van der Waals surface area contributed by atoms with Gasteiger partial charge in [0, 0.05) is 16.4 Å². The number of thioether (sulfide) groups is 1. The number of hydrogen-bond donors (Lipinski definition) is 4. The number of hydrazine groups is 1. The first kappa shape index (κ1) is 24.2. The van der Waals surface area contributed by atoms with E-state index in [1.807, 2.05) is 0 Å². The Morgan fingerprint density at radius 1 is 0.839 bits per heavy atom. The summed E-state index contributed by atoms with van der Waals surface area (Å²) < 4.78 is 40.1. The van der Waals surface area contributed by atoms with E-state index in [-0.39, 0.29) is 17.2 Å². The first-order chi connectivity index (χ1) is 14.6. The second kappa shape index (κ2) is 11.3. The highest BCUT2D eigenvalue weighted by Gasteiger charge is 2.30. The van der Waals surface area contributed by atoms with Gasteiger partial charge in [0.05, 0.1) is 11.5 Å². The number of carbonyl (C=O) groups is 3. The van der Waals surface area contributed by atoms with E-state index in [2.05, 4.69) is 26.2 Å². The molecular formula is C18H16ClF3N4O4S. The standard InChI is InChI=1S/C18H16ClF3N4O4S/c19-11-1-3-13(4-2-11)24-17(29)26-25-16(28)10-31-9-15(27)23-12-5-7-14(8-6-12)30-18(20,21)22/h1-8H,9-10H2,(H,23,27)(H,25,28)(H2,24,26,29). The van der Waals surface area contributed by atoms with Crippen LogP contribution >= 0.6 is 23.4 Å². The van der Waals surface area contributed by atoms with Crippen molar-refractivity contribution in [1.29, 1.82) is 0 Å². The van der Waals surface area contributed by atoms with Crippen LogP contribution in [0.5, 0.6) is 5.75 Å². The summed E-state index contributed by atoms with van der Waals surface area (Å²) in [5.74, 6) is -1.63. The third kappa shape index (κ3) is 9.96. The molecule has 0 aliphatic heterocycles. The maximum absolute atomic E-state index is 12.1. The van der Waals surface area contributed by atoms with E-state index in [9.17, 15) is 27.6 Å². The molecule has 2 aromatic rings. The highest BCUT2D eigenvalue weighted by atomic mass is 35.5. The first-order valence-corrected chi connectivity index (χ1v) is 9.99. The summed E-state index contributed by atoms with van der Waals surface area (Å²) in [7, 11) is 0. The molecule has 0 unspecified atom stereocenters. The predicted molar refractivity (Wildman–Crippen MR) is 111 cm³/mol. The number of nitrogens with one attached hydrogen (secondary N) is 4. The summed E-state index contributed by atoms with van der Waals surface area (Å²) in [6, 6.07) is 10.3. The summed E-state index contributed by atoms with van der Waals surface area (Å²) in [5.41, 5.74) is 5.07. The van der Waals surface area contributed by atoms with E-state index in [0.29, 0.717) is 10.7 Å². The van der Waals surface area contributed by atoms with Crippen molar-refractivity contribution in [1.82, 2.24) is 10.9 Å². The summed E-state index contributed by atoms with van der Waals surface area (Å²) in [6.07, 6.45) is -4.80. The Kier molecular flexibility index (Phi) is 8.82. The number of amides is 4. The number of ether oxygens (including phenoxy) is 1. The van der Waals surface area contributed by atoms with Crippen molar-refractivity contribution in [3.8, 4) is 5.75 Å². The molecule has 4 amide bonds. The van der Waals surface area contributed by atoms with Gasteiger partial charge >= 0.3 is 12.4 Å². The second-order valence-corrected chi connectivity index (χ2v) is 7.17. The third-order valence-electron chi connectivity index (χ3n) is 3.26. The van der Waals surface area contributed by atoms with Crippen LogP contribution in [0.4, 0.5) is 29.3 Å². The molecule has 2 rings (SSSR count). The van der Waals surface area contributed by atoms with Gasteiger partial charge in [0.15, 0.2) is 0 Å². The van der Waals surface area contributed by atoms with E-state index in [4.69, 9.17) is 11.6 Å². The van der Waals surface area contributed by atoms with Crippen molar-refractivity contribution in [3.63, 3.8) is 0 Å². The van der Waals surface area contributed by atoms with Crippen molar-refractivity contribution in [2.75, 3.05) is 22.1 Å². The maximum Gasteiger partial charge on any atom is 0.573 e. The van der Waals surface area contributed by atoms with Crippen LogP contribution in [0.3, 0.4) is 0 Å². The minimum Gasteiger partial charge on any atom is -0.406 e. The first-order valence-electron chi connectivity index (χ1n) is 8.45. The Balaban J connectivity index is 1.63. The van der Waals surface area contributed by atoms with Crippen LogP contribution < -0.4 is 26.2 Å². The SMILES string of the molecule is O=C(CSCC(=O)Nc1ccc(OC(F)(F)F)cc1)NNC(=O)Nc1ccc(Cl)cc1. The number of alkyl halides is 3. The largest absolute Gasteiger partial charge is 0.573 e. The Labute approximate surface area is 183 Å². The van der Waals surface area contributed by atoms with Crippen molar-refractivity contribution < 1.29 is 32.3 Å². The normalized spacial score (nSPS) is 10.7. The number of urea groups is 1. The quantitative estimate of drug-likeness (QED) is 0.455. The van der Waals surface area contributed by atoms with Gasteiger partial charge in [-0.05, 0) is 48.5 Å². The van der Waals surface area contributed by atoms with Gasteiger partial charge in [-0.3, -0.25) is 15.0 Å². The monoisotopic (exact) mass is 476 g/mol. The molecule has 0 aromatic heterocycles. The molecule has 166 valence electrons. The lowest BCUT2D eigenvalue weighted by Gasteiger charge is -2.10. The molecule has 0 radical (unpaired) electrons. The van der Waals surface area contributed by atoms with Gasteiger partial charge in [0.2, 0.25) is 11.8 Å². The van der Waals surface area contributed by atoms with E-state index >= 15 is 0 Å². The lowest BCUT2D eigenvalue weighted by atomic mass is 10.3. The molecular weight excluding hydrogens is 461 g/mol. The van der Waals surface area contributed by atoms with Gasteiger partial charge in [-0.2, -0.15) is 0 Å². The van der Waals surface area contributed by atoms with Crippen LogP contribution in [-0.4, -0.2) is 35.7 Å². The summed E-state index contributed by atoms with van der Waals surface area (Å²) in [5, 5.41) is 5.45. The lowest BCUT2D eigenvalue weighted by molar-refractivity contribution is -0.274. The van der Waals surface area contributed by atoms with Crippen LogP contribution in [-0.2, 0) is 9.59 Å². The second-order valence-electron chi connectivity index (χ2n) is 5.75. The third-order valence-corrected chi connectivity index (χ3v) is 4.44. The van der Waals surface area contributed by atoms with E-state index in [1.54, 1.807) is 24.3 Å². The van der Waals surface area contributed by atoms with Gasteiger partial charge in [0.25, 0.3) is 0 Å². The maximum atomic E-state index is 12.1. The molecule has 0 saturated carbocycles. The van der Waals surface area contributed by atoms with Crippen LogP contribution in [0.2, 0.25) is 5.02 Å². The van der Waals surface area contributed by atoms with Gasteiger partial charge < -0.3 is 15.4 Å². The van der Waals surface area contributed by atoms with Crippen LogP contribution in [0.15, 0.2) is 48.5 Å². The van der Waals surface area contributed by atoms with Crippen LogP contribution in [0.25, 0.3) is 0 Å². The summed E-state index contributed by atoms with van der Waals surface area (Å²) in [6.45, 7) is 0. The molecule has 0 bridgehead atoms. The lowest BCUT2D eigenvalue weighted by Crippen LogP contribution is -2.44. The van der Waals surface area contributed by atoms with Gasteiger partial charge in [0.1, 0.15) is 5.75 Å². The van der Waals surface area contributed by atoms with Crippen molar-refractivity contribution in [3.05, 3.63) is 53.6 Å². The Bertz CT molecular complexity index is 912. The molecule has 2 aromatic carbocycles. The molecule has 8 nitrogen and oxygen atoms in total. The zero-order valence-electron chi connectivity index (χ0n) is 15.6. The molecule has 0 aliphatic carbocycles. The zero-order chi connectivity index (χ0) is 22.9. The number of carbonyl (C=O) groups excluding carboxylic acids is 3. The molecule has 0 saturated heterocycles. The number of halogens is 4. The summed E-state index contributed by atoms with van der Waals surface area (Å²) >= 11 is 6.71. The Hall–Kier alpha value is -3.12. The molecule has 0 heterocycles. The molecule has 0 spiro atoms. The molecule has 0 atom stereocenters. The Morgan fingerprint density at radius 2 is 1.39 bits per heavy atom. The fourth-order valence-electron chi connectivity index (χ4n) is 2.03. The van der Waals surface area contributed by atoms with Gasteiger partial charge in [-0.1, -0.05) is 11.6 Å². The summed E-state index contributed by atoms with van der Waals surface area (Å²) in [4.78, 5) is 35.2. The van der Waals surface area contributed by atoms with Crippen LogP contribution in [0.1, 0.15) is 0 Å². The van der Waals surface area contributed by atoms with Gasteiger partial charge in [-0.15, -0.1) is 24.9 Å². The van der Waals surface area contributed by atoms with Gasteiger partial charge in [-0.25, -0.2) is 10.2 Å². The minimum absolute atomic E-state index is 0.0921. The number of rotatable bonds is 7. The average Bonchev–Trinajstić information content (AvgIpc) is 2.68. The smallest absolute Gasteiger partial charge is 0.406 e. The fourth-order valence-corrected chi connectivity index (χ4v) is 2.77. The molecule has 13 heteroatoms. The highest BCUT2D eigenvalue weighted by Crippen LogP contribution is 2.24. The van der Waals surface area contributed by atoms with E-state index < -0.39 is 30.0 Å². The topological polar surface area (TPSA) is 109 Å². The van der Waals surface area contributed by atoms with Crippen molar-refractivity contribution in [2.24, 2.45) is 0 Å². The average molecular weight is 477 g/mol. The van der Waals surface area contributed by atoms with Crippen molar-refractivity contribution >= 4 is 52.6 Å². The van der Waals surface area contributed by atoms with E-state index in [1.165, 1.54) is 12.1 Å². The van der Waals surface area contributed by atoms with Crippen LogP contribution in [0, 0.1) is 0 Å². The molecule has 4 N–H and O–H groups in total. The number of hydrogen-bond acceptors (Lipinski definition) is 5. The van der Waals surface area contributed by atoms with Crippen molar-refractivity contribution in [2.45, 2.75) is 6.36 Å². The minimum atomic E-state index is -4.80. The zero-order valence-corrected chi connectivity index (χ0v) is 17.2. The molecule has 0 fully saturated rings. The Morgan fingerprint density at radius 3 is 2.00 bits per heavy atom.